The number of aliphatic hydroxyl groups is 1. The summed E-state index contributed by atoms with van der Waals surface area (Å²) in [6, 6.07) is 4.16. The first kappa shape index (κ1) is 15.8. The van der Waals surface area contributed by atoms with Gasteiger partial charge in [0.2, 0.25) is 0 Å². The third kappa shape index (κ3) is 3.62. The Morgan fingerprint density at radius 3 is 2.91 bits per heavy atom. The first-order valence-corrected chi connectivity index (χ1v) is 9.07. The number of rotatable bonds is 4. The van der Waals surface area contributed by atoms with Crippen LogP contribution in [0.15, 0.2) is 24.5 Å². The lowest BCUT2D eigenvalue weighted by molar-refractivity contribution is 0.0920. The molecule has 3 heterocycles. The highest BCUT2D eigenvalue weighted by atomic mass is 32.2. The van der Waals surface area contributed by atoms with Crippen molar-refractivity contribution in [3.05, 3.63) is 30.1 Å². The van der Waals surface area contributed by atoms with E-state index in [0.717, 1.165) is 13.1 Å². The summed E-state index contributed by atoms with van der Waals surface area (Å²) in [7, 11) is 0. The minimum atomic E-state index is -0.0994. The smallest absolute Gasteiger partial charge is 0.253 e. The van der Waals surface area contributed by atoms with Gasteiger partial charge in [0.15, 0.2) is 0 Å². The summed E-state index contributed by atoms with van der Waals surface area (Å²) in [5.41, 5.74) is 0.576. The van der Waals surface area contributed by atoms with Gasteiger partial charge in [-0.05, 0) is 36.5 Å². The number of aliphatic hydroxyl groups excluding tert-OH is 1. The van der Waals surface area contributed by atoms with Gasteiger partial charge >= 0.3 is 0 Å². The van der Waals surface area contributed by atoms with Crippen molar-refractivity contribution in [1.29, 1.82) is 0 Å². The van der Waals surface area contributed by atoms with Crippen molar-refractivity contribution < 1.29 is 9.90 Å². The predicted octanol–water partition coefficient (Wildman–Crippen LogP) is 1.000. The first-order valence-electron chi connectivity index (χ1n) is 7.91. The zero-order valence-corrected chi connectivity index (χ0v) is 13.5. The number of hydrogen-bond donors (Lipinski definition) is 2. The van der Waals surface area contributed by atoms with Crippen LogP contribution in [0.1, 0.15) is 23.2 Å². The summed E-state index contributed by atoms with van der Waals surface area (Å²) in [5.74, 6) is 2.46. The van der Waals surface area contributed by atoms with Crippen LogP contribution in [0.25, 0.3) is 0 Å². The SMILES string of the molecule is O=C(N[C@@H]1CN(C2CCSCC2)C[C@H]1CO)c1cccnc1. The quantitative estimate of drug-likeness (QED) is 0.866. The zero-order valence-electron chi connectivity index (χ0n) is 12.6. The van der Waals surface area contributed by atoms with Crippen LogP contribution in [0, 0.1) is 5.92 Å². The third-order valence-electron chi connectivity index (χ3n) is 4.65. The highest BCUT2D eigenvalue weighted by Gasteiger charge is 2.37. The number of likely N-dealkylation sites (tertiary alicyclic amines) is 1. The van der Waals surface area contributed by atoms with Crippen LogP contribution >= 0.6 is 11.8 Å². The third-order valence-corrected chi connectivity index (χ3v) is 5.70. The fraction of sp³-hybridized carbons (Fsp3) is 0.625. The first-order chi connectivity index (χ1) is 10.8. The van der Waals surface area contributed by atoms with Crippen LogP contribution in [-0.4, -0.2) is 64.2 Å². The molecule has 2 N–H and O–H groups in total. The van der Waals surface area contributed by atoms with Gasteiger partial charge < -0.3 is 10.4 Å². The molecule has 2 aliphatic heterocycles. The largest absolute Gasteiger partial charge is 0.396 e. The molecular formula is C16H23N3O2S. The fourth-order valence-corrected chi connectivity index (χ4v) is 4.43. The van der Waals surface area contributed by atoms with E-state index in [1.165, 1.54) is 24.3 Å². The van der Waals surface area contributed by atoms with Gasteiger partial charge in [-0.15, -0.1) is 0 Å². The number of thioether (sulfide) groups is 1. The molecule has 1 aromatic heterocycles. The van der Waals surface area contributed by atoms with Crippen LogP contribution in [0.3, 0.4) is 0 Å². The number of nitrogens with zero attached hydrogens (tertiary/aromatic N) is 2. The summed E-state index contributed by atoms with van der Waals surface area (Å²) in [5, 5.41) is 12.7. The van der Waals surface area contributed by atoms with Gasteiger partial charge in [0.1, 0.15) is 0 Å². The van der Waals surface area contributed by atoms with Crippen molar-refractivity contribution in [1.82, 2.24) is 15.2 Å². The van der Waals surface area contributed by atoms with Crippen molar-refractivity contribution in [2.75, 3.05) is 31.2 Å². The van der Waals surface area contributed by atoms with Crippen molar-refractivity contribution in [2.45, 2.75) is 24.9 Å². The Hall–Kier alpha value is -1.11. The summed E-state index contributed by atoms with van der Waals surface area (Å²) >= 11 is 2.02. The molecule has 2 aliphatic rings. The molecule has 120 valence electrons. The van der Waals surface area contributed by atoms with E-state index < -0.39 is 0 Å². The van der Waals surface area contributed by atoms with Gasteiger partial charge in [-0.2, -0.15) is 11.8 Å². The maximum Gasteiger partial charge on any atom is 0.253 e. The van der Waals surface area contributed by atoms with E-state index in [1.807, 2.05) is 11.8 Å². The second kappa shape index (κ2) is 7.44. The van der Waals surface area contributed by atoms with Crippen LogP contribution in [0.5, 0.6) is 0 Å². The van der Waals surface area contributed by atoms with E-state index in [-0.39, 0.29) is 24.5 Å². The van der Waals surface area contributed by atoms with Gasteiger partial charge in [-0.1, -0.05) is 0 Å². The second-order valence-electron chi connectivity index (χ2n) is 6.06. The lowest BCUT2D eigenvalue weighted by atomic mass is 10.0. The van der Waals surface area contributed by atoms with E-state index in [2.05, 4.69) is 15.2 Å². The molecule has 0 saturated carbocycles. The molecule has 6 heteroatoms. The van der Waals surface area contributed by atoms with Crippen molar-refractivity contribution >= 4 is 17.7 Å². The molecule has 5 nitrogen and oxygen atoms in total. The maximum atomic E-state index is 12.3. The second-order valence-corrected chi connectivity index (χ2v) is 7.29. The van der Waals surface area contributed by atoms with Crippen molar-refractivity contribution in [3.8, 4) is 0 Å². The summed E-state index contributed by atoms with van der Waals surface area (Å²) in [4.78, 5) is 18.7. The number of aromatic nitrogens is 1. The van der Waals surface area contributed by atoms with Crippen LogP contribution in [-0.2, 0) is 0 Å². The van der Waals surface area contributed by atoms with Crippen LogP contribution < -0.4 is 5.32 Å². The van der Waals surface area contributed by atoms with Gasteiger partial charge in [0.25, 0.3) is 5.91 Å². The highest BCUT2D eigenvalue weighted by Crippen LogP contribution is 2.27. The van der Waals surface area contributed by atoms with Gasteiger partial charge in [0, 0.05) is 50.1 Å². The average molecular weight is 321 g/mol. The van der Waals surface area contributed by atoms with Gasteiger partial charge in [-0.25, -0.2) is 0 Å². The van der Waals surface area contributed by atoms with E-state index in [1.54, 1.807) is 24.5 Å². The normalized spacial score (nSPS) is 27.0. The minimum Gasteiger partial charge on any atom is -0.396 e. The molecule has 2 fully saturated rings. The fourth-order valence-electron chi connectivity index (χ4n) is 3.35. The molecule has 0 aromatic carbocycles. The van der Waals surface area contributed by atoms with Gasteiger partial charge in [-0.3, -0.25) is 14.7 Å². The summed E-state index contributed by atoms with van der Waals surface area (Å²) < 4.78 is 0. The Morgan fingerprint density at radius 2 is 2.23 bits per heavy atom. The Balaban J connectivity index is 1.61. The summed E-state index contributed by atoms with van der Waals surface area (Å²) in [6.07, 6.45) is 5.66. The van der Waals surface area contributed by atoms with Crippen LogP contribution in [0.2, 0.25) is 0 Å². The Bertz CT molecular complexity index is 493. The number of nitrogens with one attached hydrogen (secondary N) is 1. The average Bonchev–Trinajstić information content (AvgIpc) is 2.99. The summed E-state index contributed by atoms with van der Waals surface area (Å²) in [6.45, 7) is 1.84. The molecule has 0 spiro atoms. The predicted molar refractivity (Wildman–Crippen MR) is 88.0 cm³/mol. The van der Waals surface area contributed by atoms with Crippen molar-refractivity contribution in [3.63, 3.8) is 0 Å². The molecule has 22 heavy (non-hydrogen) atoms. The maximum absolute atomic E-state index is 12.3. The van der Waals surface area contributed by atoms with E-state index in [9.17, 15) is 9.90 Å². The number of pyridine rings is 1. The molecule has 0 radical (unpaired) electrons. The molecule has 2 atom stereocenters. The van der Waals surface area contributed by atoms with Crippen LogP contribution in [0.4, 0.5) is 0 Å². The van der Waals surface area contributed by atoms with Crippen molar-refractivity contribution in [2.24, 2.45) is 5.92 Å². The standard InChI is InChI=1S/C16H23N3O2S/c20-11-13-9-19(14-3-6-22-7-4-14)10-15(13)18-16(21)12-2-1-5-17-8-12/h1-2,5,8,13-15,20H,3-4,6-7,9-11H2,(H,18,21)/t13-,15+/m0/s1. The molecular weight excluding hydrogens is 298 g/mol. The molecule has 3 rings (SSSR count). The lowest BCUT2D eigenvalue weighted by Crippen LogP contribution is -2.42. The molecule has 2 saturated heterocycles. The molecule has 0 aliphatic carbocycles. The lowest BCUT2D eigenvalue weighted by Gasteiger charge is -2.30. The minimum absolute atomic E-state index is 0.0206. The van der Waals surface area contributed by atoms with E-state index >= 15 is 0 Å². The number of hydrogen-bond acceptors (Lipinski definition) is 5. The molecule has 1 amide bonds. The monoisotopic (exact) mass is 321 g/mol. The number of carbonyl (C=O) groups excluding carboxylic acids is 1. The zero-order chi connectivity index (χ0) is 15.4. The van der Waals surface area contributed by atoms with E-state index in [0.29, 0.717) is 11.6 Å². The van der Waals surface area contributed by atoms with E-state index in [4.69, 9.17) is 0 Å². The Kier molecular flexibility index (Phi) is 5.33. The molecule has 0 bridgehead atoms. The van der Waals surface area contributed by atoms with Gasteiger partial charge in [0.05, 0.1) is 5.56 Å². The molecule has 1 aromatic rings. The highest BCUT2D eigenvalue weighted by molar-refractivity contribution is 7.99. The number of carbonyl (C=O) groups is 1. The molecule has 0 unspecified atom stereocenters. The topological polar surface area (TPSA) is 65.5 Å². The Morgan fingerprint density at radius 1 is 1.41 bits per heavy atom. The number of amides is 1. The Labute approximate surface area is 135 Å².